The van der Waals surface area contributed by atoms with Gasteiger partial charge in [-0.15, -0.1) is 0 Å². The SMILES string of the molecule is CCCNC(=O)CN1C(=O)[C@@H]2CC=CC[C@H]2C1=O. The summed E-state index contributed by atoms with van der Waals surface area (Å²) in [4.78, 5) is 36.8. The number of hydrogen-bond acceptors (Lipinski definition) is 3. The van der Waals surface area contributed by atoms with E-state index in [2.05, 4.69) is 5.32 Å². The first-order valence-electron chi connectivity index (χ1n) is 6.42. The van der Waals surface area contributed by atoms with Crippen LogP contribution in [-0.2, 0) is 14.4 Å². The van der Waals surface area contributed by atoms with Crippen LogP contribution in [0.3, 0.4) is 0 Å². The van der Waals surface area contributed by atoms with Crippen molar-refractivity contribution in [2.75, 3.05) is 13.1 Å². The summed E-state index contributed by atoms with van der Waals surface area (Å²) in [6.45, 7) is 2.39. The van der Waals surface area contributed by atoms with E-state index in [0.717, 1.165) is 11.3 Å². The number of fused-ring (bicyclic) bond motifs is 1. The van der Waals surface area contributed by atoms with Crippen molar-refractivity contribution in [3.8, 4) is 0 Å². The number of carbonyl (C=O) groups is 3. The molecule has 1 fully saturated rings. The van der Waals surface area contributed by atoms with E-state index in [-0.39, 0.29) is 36.1 Å². The maximum Gasteiger partial charge on any atom is 0.240 e. The standard InChI is InChI=1S/C13H18N2O3/c1-2-7-14-11(16)8-15-12(17)9-5-3-4-6-10(9)13(15)18/h3-4,9-10H,2,5-8H2,1H3,(H,14,16)/t9-,10-/m1/s1. The highest BCUT2D eigenvalue weighted by Gasteiger charge is 2.47. The number of nitrogens with zero attached hydrogens (tertiary/aromatic N) is 1. The van der Waals surface area contributed by atoms with Crippen LogP contribution < -0.4 is 5.32 Å². The van der Waals surface area contributed by atoms with Crippen LogP contribution in [0.15, 0.2) is 12.2 Å². The van der Waals surface area contributed by atoms with E-state index in [1.165, 1.54) is 0 Å². The highest BCUT2D eigenvalue weighted by Crippen LogP contribution is 2.34. The van der Waals surface area contributed by atoms with Gasteiger partial charge in [0.1, 0.15) is 6.54 Å². The predicted molar refractivity (Wildman–Crippen MR) is 65.4 cm³/mol. The van der Waals surface area contributed by atoms with Crippen LogP contribution in [0, 0.1) is 11.8 Å². The first-order valence-corrected chi connectivity index (χ1v) is 6.42. The molecule has 98 valence electrons. The largest absolute Gasteiger partial charge is 0.355 e. The van der Waals surface area contributed by atoms with E-state index >= 15 is 0 Å². The Hall–Kier alpha value is -1.65. The summed E-state index contributed by atoms with van der Waals surface area (Å²) in [6, 6.07) is 0. The maximum atomic E-state index is 12.1. The molecule has 5 heteroatoms. The Kier molecular flexibility index (Phi) is 3.79. The van der Waals surface area contributed by atoms with Gasteiger partial charge >= 0.3 is 0 Å². The lowest BCUT2D eigenvalue weighted by atomic mass is 9.85. The van der Waals surface area contributed by atoms with E-state index in [1.807, 2.05) is 19.1 Å². The minimum atomic E-state index is -0.259. The predicted octanol–water partition coefficient (Wildman–Crippen LogP) is 0.464. The van der Waals surface area contributed by atoms with Gasteiger partial charge in [-0.05, 0) is 19.3 Å². The van der Waals surface area contributed by atoms with Crippen molar-refractivity contribution in [1.82, 2.24) is 10.2 Å². The third kappa shape index (κ3) is 2.30. The lowest BCUT2D eigenvalue weighted by Crippen LogP contribution is -2.41. The lowest BCUT2D eigenvalue weighted by molar-refractivity contribution is -0.143. The molecule has 0 aromatic heterocycles. The van der Waals surface area contributed by atoms with Crippen LogP contribution in [0.5, 0.6) is 0 Å². The Morgan fingerprint density at radius 1 is 1.28 bits per heavy atom. The van der Waals surface area contributed by atoms with Crippen molar-refractivity contribution in [1.29, 1.82) is 0 Å². The fourth-order valence-corrected chi connectivity index (χ4v) is 2.49. The molecule has 0 bridgehead atoms. The normalized spacial score (nSPS) is 26.4. The summed E-state index contributed by atoms with van der Waals surface area (Å²) < 4.78 is 0. The molecule has 1 saturated heterocycles. The van der Waals surface area contributed by atoms with Crippen molar-refractivity contribution in [3.05, 3.63) is 12.2 Å². The van der Waals surface area contributed by atoms with Crippen molar-refractivity contribution in [2.45, 2.75) is 26.2 Å². The summed E-state index contributed by atoms with van der Waals surface area (Å²) in [5.74, 6) is -1.14. The monoisotopic (exact) mass is 250 g/mol. The average molecular weight is 250 g/mol. The zero-order valence-electron chi connectivity index (χ0n) is 10.5. The van der Waals surface area contributed by atoms with Crippen molar-refractivity contribution in [3.63, 3.8) is 0 Å². The number of rotatable bonds is 4. The Morgan fingerprint density at radius 3 is 2.33 bits per heavy atom. The molecule has 18 heavy (non-hydrogen) atoms. The zero-order chi connectivity index (χ0) is 13.1. The van der Waals surface area contributed by atoms with E-state index in [0.29, 0.717) is 19.4 Å². The van der Waals surface area contributed by atoms with Crippen molar-refractivity contribution >= 4 is 17.7 Å². The molecular weight excluding hydrogens is 232 g/mol. The molecule has 3 amide bonds. The molecule has 2 atom stereocenters. The second-order valence-corrected chi connectivity index (χ2v) is 4.77. The molecule has 2 aliphatic rings. The molecule has 1 N–H and O–H groups in total. The van der Waals surface area contributed by atoms with Gasteiger partial charge in [0.2, 0.25) is 17.7 Å². The Morgan fingerprint density at radius 2 is 1.83 bits per heavy atom. The van der Waals surface area contributed by atoms with Gasteiger partial charge in [-0.3, -0.25) is 19.3 Å². The van der Waals surface area contributed by atoms with Crippen LogP contribution in [0.1, 0.15) is 26.2 Å². The number of nitrogens with one attached hydrogen (secondary N) is 1. The third-order valence-corrected chi connectivity index (χ3v) is 3.47. The number of amides is 3. The van der Waals surface area contributed by atoms with E-state index in [9.17, 15) is 14.4 Å². The number of carbonyl (C=O) groups excluding carboxylic acids is 3. The summed E-state index contributed by atoms with van der Waals surface area (Å²) in [5, 5.41) is 2.68. The molecule has 1 aliphatic carbocycles. The second kappa shape index (κ2) is 5.33. The Labute approximate surface area is 106 Å². The van der Waals surface area contributed by atoms with Gasteiger partial charge in [-0.25, -0.2) is 0 Å². The maximum absolute atomic E-state index is 12.1. The Balaban J connectivity index is 2.00. The van der Waals surface area contributed by atoms with E-state index in [1.54, 1.807) is 0 Å². The first-order chi connectivity index (χ1) is 8.65. The number of allylic oxidation sites excluding steroid dienone is 2. The second-order valence-electron chi connectivity index (χ2n) is 4.77. The fourth-order valence-electron chi connectivity index (χ4n) is 2.49. The fraction of sp³-hybridized carbons (Fsp3) is 0.615. The van der Waals surface area contributed by atoms with Gasteiger partial charge in [-0.1, -0.05) is 19.1 Å². The van der Waals surface area contributed by atoms with Gasteiger partial charge in [-0.2, -0.15) is 0 Å². The minimum Gasteiger partial charge on any atom is -0.355 e. The van der Waals surface area contributed by atoms with Crippen LogP contribution in [0.25, 0.3) is 0 Å². The van der Waals surface area contributed by atoms with Crippen LogP contribution in [-0.4, -0.2) is 35.7 Å². The zero-order valence-corrected chi connectivity index (χ0v) is 10.5. The molecule has 0 saturated carbocycles. The highest BCUT2D eigenvalue weighted by molar-refractivity contribution is 6.07. The molecule has 0 aromatic carbocycles. The topological polar surface area (TPSA) is 66.5 Å². The van der Waals surface area contributed by atoms with Gasteiger partial charge in [0.05, 0.1) is 11.8 Å². The van der Waals surface area contributed by atoms with Crippen LogP contribution in [0.4, 0.5) is 0 Å². The molecular formula is C13H18N2O3. The number of likely N-dealkylation sites (tertiary alicyclic amines) is 1. The quantitative estimate of drug-likeness (QED) is 0.582. The first kappa shape index (κ1) is 12.8. The van der Waals surface area contributed by atoms with Gasteiger partial charge in [0.15, 0.2) is 0 Å². The molecule has 1 heterocycles. The molecule has 0 aromatic rings. The minimum absolute atomic E-state index is 0.134. The summed E-state index contributed by atoms with van der Waals surface area (Å²) >= 11 is 0. The van der Waals surface area contributed by atoms with Gasteiger partial charge in [0.25, 0.3) is 0 Å². The molecule has 0 radical (unpaired) electrons. The molecule has 1 aliphatic heterocycles. The van der Waals surface area contributed by atoms with E-state index in [4.69, 9.17) is 0 Å². The van der Waals surface area contributed by atoms with Crippen molar-refractivity contribution in [2.24, 2.45) is 11.8 Å². The van der Waals surface area contributed by atoms with Gasteiger partial charge in [0, 0.05) is 6.54 Å². The smallest absolute Gasteiger partial charge is 0.240 e. The molecule has 2 rings (SSSR count). The summed E-state index contributed by atoms with van der Waals surface area (Å²) in [6.07, 6.45) is 5.94. The molecule has 0 spiro atoms. The summed E-state index contributed by atoms with van der Waals surface area (Å²) in [5.41, 5.74) is 0. The van der Waals surface area contributed by atoms with Gasteiger partial charge < -0.3 is 5.32 Å². The Bertz CT molecular complexity index is 377. The number of hydrogen-bond donors (Lipinski definition) is 1. The van der Waals surface area contributed by atoms with Crippen LogP contribution >= 0.6 is 0 Å². The molecule has 5 nitrogen and oxygen atoms in total. The lowest BCUT2D eigenvalue weighted by Gasteiger charge is -2.14. The van der Waals surface area contributed by atoms with Crippen molar-refractivity contribution < 1.29 is 14.4 Å². The molecule has 0 unspecified atom stereocenters. The van der Waals surface area contributed by atoms with E-state index < -0.39 is 0 Å². The van der Waals surface area contributed by atoms with Crippen LogP contribution in [0.2, 0.25) is 0 Å². The summed E-state index contributed by atoms with van der Waals surface area (Å²) in [7, 11) is 0. The number of imide groups is 1. The average Bonchev–Trinajstić information content (AvgIpc) is 2.62. The third-order valence-electron chi connectivity index (χ3n) is 3.47. The highest BCUT2D eigenvalue weighted by atomic mass is 16.2.